The van der Waals surface area contributed by atoms with E-state index in [1.165, 1.54) is 6.20 Å². The minimum absolute atomic E-state index is 0.0530. The van der Waals surface area contributed by atoms with Gasteiger partial charge in [-0.1, -0.05) is 11.2 Å². The van der Waals surface area contributed by atoms with E-state index in [1.54, 1.807) is 0 Å². The van der Waals surface area contributed by atoms with Gasteiger partial charge in [-0.25, -0.2) is 13.2 Å². The third-order valence-electron chi connectivity index (χ3n) is 2.36. The molecule has 0 amide bonds. The third kappa shape index (κ3) is 2.11. The average Bonchev–Trinajstić information content (AvgIpc) is 2.63. The lowest BCUT2D eigenvalue weighted by molar-refractivity contribution is 0.0174. The van der Waals surface area contributed by atoms with E-state index in [-0.39, 0.29) is 22.6 Å². The second-order valence-electron chi connectivity index (χ2n) is 3.69. The molecule has 0 saturated heterocycles. The second kappa shape index (κ2) is 3.80. The molecule has 0 unspecified atom stereocenters. The van der Waals surface area contributed by atoms with Crippen molar-refractivity contribution in [2.45, 2.75) is 12.8 Å². The summed E-state index contributed by atoms with van der Waals surface area (Å²) < 4.78 is 44.3. The number of nitrogen functional groups attached to an aromatic ring is 1. The van der Waals surface area contributed by atoms with Crippen LogP contribution in [0.15, 0.2) is 28.9 Å². The van der Waals surface area contributed by atoms with Gasteiger partial charge in [-0.3, -0.25) is 0 Å². The van der Waals surface area contributed by atoms with Gasteiger partial charge in [-0.15, -0.1) is 0 Å². The van der Waals surface area contributed by atoms with E-state index in [9.17, 15) is 13.2 Å². The molecule has 0 bridgehead atoms. The highest BCUT2D eigenvalue weighted by Gasteiger charge is 2.26. The van der Waals surface area contributed by atoms with E-state index in [2.05, 4.69) is 9.68 Å². The molecule has 0 aliphatic heterocycles. The first-order chi connectivity index (χ1) is 7.89. The summed E-state index contributed by atoms with van der Waals surface area (Å²) in [6.45, 7) is 0.737. The van der Waals surface area contributed by atoms with Crippen LogP contribution < -0.4 is 5.73 Å². The molecule has 0 atom stereocenters. The molecule has 17 heavy (non-hydrogen) atoms. The van der Waals surface area contributed by atoms with Gasteiger partial charge in [0.05, 0.1) is 11.8 Å². The number of alkyl halides is 2. The molecule has 1 heterocycles. The maximum Gasteiger partial charge on any atom is 0.270 e. The Morgan fingerprint density at radius 1 is 1.29 bits per heavy atom. The number of halogens is 3. The fraction of sp³-hybridized carbons (Fsp3) is 0.182. The molecule has 2 aromatic rings. The van der Waals surface area contributed by atoms with Crippen molar-refractivity contribution in [3.63, 3.8) is 0 Å². The Morgan fingerprint density at radius 3 is 2.53 bits per heavy atom. The fourth-order valence-corrected chi connectivity index (χ4v) is 1.46. The Labute approximate surface area is 95.0 Å². The van der Waals surface area contributed by atoms with E-state index in [0.29, 0.717) is 0 Å². The summed E-state index contributed by atoms with van der Waals surface area (Å²) in [5.41, 5.74) is 5.23. The third-order valence-corrected chi connectivity index (χ3v) is 2.36. The molecular formula is C11H9F3N2O. The summed E-state index contributed by atoms with van der Waals surface area (Å²) in [7, 11) is 0. The highest BCUT2D eigenvalue weighted by Crippen LogP contribution is 2.34. The number of aromatic nitrogens is 1. The standard InChI is InChI=1S/C11H9F3N2O/c1-11(13,14)6-2-3-9(12)7(4-6)8-5-16-17-10(8)15/h2-5H,15H2,1H3. The van der Waals surface area contributed by atoms with Crippen LogP contribution in [-0.2, 0) is 5.92 Å². The Bertz CT molecular complexity index is 546. The monoisotopic (exact) mass is 242 g/mol. The van der Waals surface area contributed by atoms with Crippen LogP contribution >= 0.6 is 0 Å². The van der Waals surface area contributed by atoms with Crippen molar-refractivity contribution in [1.82, 2.24) is 5.16 Å². The van der Waals surface area contributed by atoms with E-state index >= 15 is 0 Å². The molecule has 1 aromatic heterocycles. The van der Waals surface area contributed by atoms with Crippen LogP contribution in [0.1, 0.15) is 12.5 Å². The quantitative estimate of drug-likeness (QED) is 0.879. The molecule has 0 radical (unpaired) electrons. The molecule has 0 fully saturated rings. The zero-order valence-electron chi connectivity index (χ0n) is 8.88. The van der Waals surface area contributed by atoms with Crippen molar-refractivity contribution >= 4 is 5.88 Å². The summed E-state index contributed by atoms with van der Waals surface area (Å²) in [5.74, 6) is -3.82. The van der Waals surface area contributed by atoms with Gasteiger partial charge in [0, 0.05) is 18.1 Å². The SMILES string of the molecule is CC(F)(F)c1ccc(F)c(-c2cnoc2N)c1. The Balaban J connectivity index is 2.58. The van der Waals surface area contributed by atoms with Gasteiger partial charge in [0.15, 0.2) is 0 Å². The Morgan fingerprint density at radius 2 is 2.00 bits per heavy atom. The number of nitrogens with zero attached hydrogens (tertiary/aromatic N) is 1. The number of anilines is 1. The minimum Gasteiger partial charge on any atom is -0.367 e. The van der Waals surface area contributed by atoms with Crippen molar-refractivity contribution < 1.29 is 17.7 Å². The molecule has 2 rings (SSSR count). The van der Waals surface area contributed by atoms with Crippen LogP contribution in [0.25, 0.3) is 11.1 Å². The van der Waals surface area contributed by atoms with Gasteiger partial charge in [0.2, 0.25) is 5.88 Å². The van der Waals surface area contributed by atoms with Gasteiger partial charge >= 0.3 is 0 Å². The molecule has 0 saturated carbocycles. The molecule has 0 aliphatic carbocycles. The van der Waals surface area contributed by atoms with Crippen LogP contribution in [-0.4, -0.2) is 5.16 Å². The summed E-state index contributed by atoms with van der Waals surface area (Å²) in [6, 6.07) is 3.04. The molecule has 3 nitrogen and oxygen atoms in total. The van der Waals surface area contributed by atoms with E-state index in [4.69, 9.17) is 5.73 Å². The second-order valence-corrected chi connectivity index (χ2v) is 3.69. The predicted octanol–water partition coefficient (Wildman–Crippen LogP) is 3.17. The average molecular weight is 242 g/mol. The molecule has 1 aromatic carbocycles. The number of hydrogen-bond donors (Lipinski definition) is 1. The van der Waals surface area contributed by atoms with Gasteiger partial charge in [-0.05, 0) is 12.1 Å². The Hall–Kier alpha value is -1.98. The number of rotatable bonds is 2. The summed E-state index contributed by atoms with van der Waals surface area (Å²) in [5, 5.41) is 3.38. The first kappa shape index (κ1) is 11.5. The Kier molecular flexibility index (Phi) is 2.57. The molecular weight excluding hydrogens is 233 g/mol. The predicted molar refractivity (Wildman–Crippen MR) is 55.9 cm³/mol. The smallest absolute Gasteiger partial charge is 0.270 e. The van der Waals surface area contributed by atoms with Gasteiger partial charge in [0.1, 0.15) is 5.82 Å². The molecule has 0 spiro atoms. The van der Waals surface area contributed by atoms with E-state index in [1.807, 2.05) is 0 Å². The first-order valence-corrected chi connectivity index (χ1v) is 4.78. The highest BCUT2D eigenvalue weighted by atomic mass is 19.3. The highest BCUT2D eigenvalue weighted by molar-refractivity contribution is 5.72. The van der Waals surface area contributed by atoms with Crippen molar-refractivity contribution in [2.24, 2.45) is 0 Å². The van der Waals surface area contributed by atoms with Crippen LogP contribution in [0.2, 0.25) is 0 Å². The lowest BCUT2D eigenvalue weighted by Crippen LogP contribution is -2.07. The van der Waals surface area contributed by atoms with E-state index < -0.39 is 11.7 Å². The maximum absolute atomic E-state index is 13.5. The molecule has 0 aliphatic rings. The molecule has 6 heteroatoms. The lowest BCUT2D eigenvalue weighted by Gasteiger charge is -2.12. The van der Waals surface area contributed by atoms with Crippen molar-refractivity contribution in [1.29, 1.82) is 0 Å². The van der Waals surface area contributed by atoms with Crippen molar-refractivity contribution in [3.8, 4) is 11.1 Å². The summed E-state index contributed by atoms with van der Waals surface area (Å²) in [6.07, 6.45) is 1.19. The van der Waals surface area contributed by atoms with Gasteiger partial charge < -0.3 is 10.3 Å². The number of benzene rings is 1. The van der Waals surface area contributed by atoms with Crippen LogP contribution in [0, 0.1) is 5.82 Å². The first-order valence-electron chi connectivity index (χ1n) is 4.78. The number of hydrogen-bond acceptors (Lipinski definition) is 3. The number of nitrogens with two attached hydrogens (primary N) is 1. The maximum atomic E-state index is 13.5. The van der Waals surface area contributed by atoms with Gasteiger partial charge in [-0.2, -0.15) is 0 Å². The zero-order valence-corrected chi connectivity index (χ0v) is 8.88. The van der Waals surface area contributed by atoms with Crippen LogP contribution in [0.5, 0.6) is 0 Å². The summed E-state index contributed by atoms with van der Waals surface area (Å²) >= 11 is 0. The minimum atomic E-state index is -3.05. The fourth-order valence-electron chi connectivity index (χ4n) is 1.46. The van der Waals surface area contributed by atoms with Crippen molar-refractivity contribution in [2.75, 3.05) is 5.73 Å². The largest absolute Gasteiger partial charge is 0.367 e. The molecule has 2 N–H and O–H groups in total. The molecule has 90 valence electrons. The van der Waals surface area contributed by atoms with Crippen LogP contribution in [0.3, 0.4) is 0 Å². The van der Waals surface area contributed by atoms with Crippen LogP contribution in [0.4, 0.5) is 19.1 Å². The van der Waals surface area contributed by atoms with Gasteiger partial charge in [0.25, 0.3) is 5.92 Å². The van der Waals surface area contributed by atoms with E-state index in [0.717, 1.165) is 25.1 Å². The van der Waals surface area contributed by atoms with Crippen molar-refractivity contribution in [3.05, 3.63) is 35.8 Å². The topological polar surface area (TPSA) is 52.0 Å². The lowest BCUT2D eigenvalue weighted by atomic mass is 10.0. The normalized spacial score (nSPS) is 11.8. The summed E-state index contributed by atoms with van der Waals surface area (Å²) in [4.78, 5) is 0. The zero-order chi connectivity index (χ0) is 12.6.